The van der Waals surface area contributed by atoms with Gasteiger partial charge in [0.25, 0.3) is 0 Å². The zero-order chi connectivity index (χ0) is 21.1. The average Bonchev–Trinajstić information content (AvgIpc) is 3.07. The van der Waals surface area contributed by atoms with Gasteiger partial charge in [-0.25, -0.2) is 4.98 Å². The minimum Gasteiger partial charge on any atom is -0.329 e. The molecule has 1 saturated heterocycles. The van der Waals surface area contributed by atoms with Crippen LogP contribution in [0.2, 0.25) is 5.15 Å². The summed E-state index contributed by atoms with van der Waals surface area (Å²) in [7, 11) is 2.16. The number of aromatic nitrogens is 2. The molecule has 1 aliphatic carbocycles. The second-order valence-corrected chi connectivity index (χ2v) is 9.68. The minimum absolute atomic E-state index is 0.688. The molecule has 2 aromatic rings. The van der Waals surface area contributed by atoms with Crippen LogP contribution in [0.3, 0.4) is 0 Å². The molecule has 2 heterocycles. The second kappa shape index (κ2) is 9.87. The first kappa shape index (κ1) is 21.9. The molecule has 2 aliphatic rings. The lowest BCUT2D eigenvalue weighted by Gasteiger charge is -2.42. The van der Waals surface area contributed by atoms with E-state index in [1.165, 1.54) is 80.3 Å². The van der Waals surface area contributed by atoms with Crippen molar-refractivity contribution < 1.29 is 0 Å². The first-order chi connectivity index (χ1) is 14.6. The van der Waals surface area contributed by atoms with Crippen molar-refractivity contribution in [2.24, 2.45) is 13.0 Å². The van der Waals surface area contributed by atoms with Crippen molar-refractivity contribution in [2.75, 3.05) is 6.54 Å². The SMILES string of the molecule is CCc1cccc(CC)c1-c1nc(Cl)c(CN2CCCCC2C2CCCCC2)n1C. The summed E-state index contributed by atoms with van der Waals surface area (Å²) in [5.41, 5.74) is 5.20. The molecular weight excluding hydrogens is 390 g/mol. The Morgan fingerprint density at radius 1 is 0.967 bits per heavy atom. The van der Waals surface area contributed by atoms with Gasteiger partial charge in [-0.3, -0.25) is 4.90 Å². The Kier molecular flexibility index (Phi) is 7.20. The summed E-state index contributed by atoms with van der Waals surface area (Å²) in [4.78, 5) is 7.64. The quantitative estimate of drug-likeness (QED) is 0.505. The van der Waals surface area contributed by atoms with Gasteiger partial charge in [0, 0.05) is 25.2 Å². The molecule has 164 valence electrons. The summed E-state index contributed by atoms with van der Waals surface area (Å²) in [6, 6.07) is 7.37. The standard InChI is InChI=1S/C26H38ClN3/c1-4-19-14-11-15-20(5-2)24(19)26-28-25(27)23(29(26)3)18-30-17-10-9-16-22(30)21-12-7-6-8-13-21/h11,14-15,21-22H,4-10,12-13,16-18H2,1-3H3. The van der Waals surface area contributed by atoms with Gasteiger partial charge in [-0.15, -0.1) is 0 Å². The van der Waals surface area contributed by atoms with Crippen LogP contribution >= 0.6 is 11.6 Å². The van der Waals surface area contributed by atoms with Crippen LogP contribution in [0.1, 0.15) is 82.0 Å². The van der Waals surface area contributed by atoms with E-state index in [-0.39, 0.29) is 0 Å². The van der Waals surface area contributed by atoms with Crippen LogP contribution < -0.4 is 0 Å². The van der Waals surface area contributed by atoms with E-state index in [4.69, 9.17) is 16.6 Å². The predicted octanol–water partition coefficient (Wildman–Crippen LogP) is 6.80. The van der Waals surface area contributed by atoms with E-state index in [2.05, 4.69) is 48.6 Å². The monoisotopic (exact) mass is 427 g/mol. The van der Waals surface area contributed by atoms with E-state index in [1.54, 1.807) is 0 Å². The molecule has 0 spiro atoms. The molecule has 0 amide bonds. The van der Waals surface area contributed by atoms with Gasteiger partial charge in [0.1, 0.15) is 5.82 Å². The van der Waals surface area contributed by atoms with Crippen molar-refractivity contribution in [3.05, 3.63) is 40.2 Å². The number of hydrogen-bond donors (Lipinski definition) is 0. The summed E-state index contributed by atoms with van der Waals surface area (Å²) >= 11 is 6.79. The number of piperidine rings is 1. The van der Waals surface area contributed by atoms with Crippen LogP contribution in [0.4, 0.5) is 0 Å². The van der Waals surface area contributed by atoms with Crippen LogP contribution in [0.15, 0.2) is 18.2 Å². The first-order valence-corrected chi connectivity index (χ1v) is 12.6. The lowest BCUT2D eigenvalue weighted by Crippen LogP contribution is -2.44. The van der Waals surface area contributed by atoms with Crippen molar-refractivity contribution >= 4 is 11.6 Å². The average molecular weight is 428 g/mol. The number of benzene rings is 1. The fourth-order valence-corrected chi connectivity index (χ4v) is 6.15. The van der Waals surface area contributed by atoms with Crippen molar-refractivity contribution in [2.45, 2.75) is 90.6 Å². The highest BCUT2D eigenvalue weighted by Crippen LogP contribution is 2.36. The maximum atomic E-state index is 6.79. The zero-order valence-corrected chi connectivity index (χ0v) is 19.8. The van der Waals surface area contributed by atoms with Crippen LogP contribution in [-0.4, -0.2) is 27.0 Å². The Bertz CT molecular complexity index is 828. The Morgan fingerprint density at radius 3 is 2.30 bits per heavy atom. The molecule has 30 heavy (non-hydrogen) atoms. The number of aryl methyl sites for hydroxylation is 2. The molecule has 2 fully saturated rings. The normalized spacial score (nSPS) is 21.3. The smallest absolute Gasteiger partial charge is 0.152 e. The maximum Gasteiger partial charge on any atom is 0.152 e. The van der Waals surface area contributed by atoms with Crippen molar-refractivity contribution in [3.8, 4) is 11.4 Å². The second-order valence-electron chi connectivity index (χ2n) is 9.32. The Hall–Kier alpha value is -1.32. The third-order valence-electron chi connectivity index (χ3n) is 7.60. The van der Waals surface area contributed by atoms with Gasteiger partial charge in [0.05, 0.1) is 5.69 Å². The molecule has 4 rings (SSSR count). The first-order valence-electron chi connectivity index (χ1n) is 12.2. The fourth-order valence-electron chi connectivity index (χ4n) is 5.88. The number of hydrogen-bond acceptors (Lipinski definition) is 2. The van der Waals surface area contributed by atoms with Gasteiger partial charge in [-0.1, -0.05) is 69.3 Å². The van der Waals surface area contributed by atoms with Crippen LogP contribution in [0.25, 0.3) is 11.4 Å². The molecule has 3 nitrogen and oxygen atoms in total. The number of imidazole rings is 1. The van der Waals surface area contributed by atoms with Crippen LogP contribution in [-0.2, 0) is 26.4 Å². The van der Waals surface area contributed by atoms with Crippen molar-refractivity contribution in [3.63, 3.8) is 0 Å². The van der Waals surface area contributed by atoms with Crippen LogP contribution in [0, 0.1) is 5.92 Å². The van der Waals surface area contributed by atoms with Gasteiger partial charge >= 0.3 is 0 Å². The minimum atomic E-state index is 0.688. The molecule has 1 unspecified atom stereocenters. The summed E-state index contributed by atoms with van der Waals surface area (Å²) in [6.07, 6.45) is 13.2. The van der Waals surface area contributed by atoms with E-state index in [1.807, 2.05) is 0 Å². The molecule has 1 aromatic carbocycles. The molecule has 0 N–H and O–H groups in total. The molecular formula is C26H38ClN3. The van der Waals surface area contributed by atoms with E-state index in [0.717, 1.165) is 37.2 Å². The molecule has 1 aromatic heterocycles. The highest BCUT2D eigenvalue weighted by molar-refractivity contribution is 6.30. The van der Waals surface area contributed by atoms with E-state index >= 15 is 0 Å². The van der Waals surface area contributed by atoms with E-state index in [0.29, 0.717) is 5.15 Å². The van der Waals surface area contributed by atoms with Gasteiger partial charge < -0.3 is 4.57 Å². The predicted molar refractivity (Wildman–Crippen MR) is 127 cm³/mol. The third kappa shape index (κ3) is 4.34. The molecule has 0 radical (unpaired) electrons. The van der Waals surface area contributed by atoms with Crippen LogP contribution in [0.5, 0.6) is 0 Å². The summed E-state index contributed by atoms with van der Waals surface area (Å²) in [6.45, 7) is 6.58. The topological polar surface area (TPSA) is 21.1 Å². The highest BCUT2D eigenvalue weighted by Gasteiger charge is 2.32. The maximum absolute atomic E-state index is 6.79. The Labute approximate surface area is 187 Å². The number of rotatable bonds is 6. The molecule has 0 bridgehead atoms. The number of nitrogens with zero attached hydrogens (tertiary/aromatic N) is 3. The van der Waals surface area contributed by atoms with Crippen molar-refractivity contribution in [1.29, 1.82) is 0 Å². The lowest BCUT2D eigenvalue weighted by molar-refractivity contribution is 0.0730. The number of likely N-dealkylation sites (tertiary alicyclic amines) is 1. The van der Waals surface area contributed by atoms with Gasteiger partial charge in [-0.2, -0.15) is 0 Å². The Balaban J connectivity index is 1.64. The number of halogens is 1. The van der Waals surface area contributed by atoms with Crippen molar-refractivity contribution in [1.82, 2.24) is 14.5 Å². The van der Waals surface area contributed by atoms with Gasteiger partial charge in [-0.05, 0) is 62.1 Å². The van der Waals surface area contributed by atoms with E-state index in [9.17, 15) is 0 Å². The van der Waals surface area contributed by atoms with Gasteiger partial charge in [0.2, 0.25) is 0 Å². The summed E-state index contributed by atoms with van der Waals surface area (Å²) in [5.74, 6) is 1.91. The molecule has 4 heteroatoms. The zero-order valence-electron chi connectivity index (χ0n) is 19.1. The summed E-state index contributed by atoms with van der Waals surface area (Å²) < 4.78 is 2.28. The third-order valence-corrected chi connectivity index (χ3v) is 7.90. The molecule has 1 atom stereocenters. The summed E-state index contributed by atoms with van der Waals surface area (Å²) in [5, 5.41) is 0.688. The van der Waals surface area contributed by atoms with Gasteiger partial charge in [0.15, 0.2) is 5.15 Å². The Morgan fingerprint density at radius 2 is 1.63 bits per heavy atom. The lowest BCUT2D eigenvalue weighted by atomic mass is 9.80. The largest absolute Gasteiger partial charge is 0.329 e. The highest BCUT2D eigenvalue weighted by atomic mass is 35.5. The van der Waals surface area contributed by atoms with E-state index < -0.39 is 0 Å². The molecule has 1 saturated carbocycles. The molecule has 1 aliphatic heterocycles. The fraction of sp³-hybridized carbons (Fsp3) is 0.654.